The van der Waals surface area contributed by atoms with Crippen LogP contribution in [0.2, 0.25) is 5.02 Å². The van der Waals surface area contributed by atoms with Crippen LogP contribution in [-0.2, 0) is 13.1 Å². The van der Waals surface area contributed by atoms with E-state index >= 15 is 0 Å². The summed E-state index contributed by atoms with van der Waals surface area (Å²) in [6, 6.07) is 11.5. The van der Waals surface area contributed by atoms with E-state index < -0.39 is 5.60 Å². The summed E-state index contributed by atoms with van der Waals surface area (Å²) >= 11 is 6.28. The topological polar surface area (TPSA) is 96.4 Å². The fraction of sp³-hybridized carbons (Fsp3) is 0.320. The van der Waals surface area contributed by atoms with Gasteiger partial charge >= 0.3 is 0 Å². The zero-order valence-corrected chi connectivity index (χ0v) is 20.1. The van der Waals surface area contributed by atoms with Crippen molar-refractivity contribution in [2.45, 2.75) is 38.5 Å². The molecule has 178 valence electrons. The van der Waals surface area contributed by atoms with E-state index in [0.29, 0.717) is 50.5 Å². The average Bonchev–Trinajstić information content (AvgIpc) is 3.37. The smallest absolute Gasteiger partial charge is 0.188 e. The highest BCUT2D eigenvalue weighted by Crippen LogP contribution is 2.35. The number of benzene rings is 2. The first-order valence-electron chi connectivity index (χ1n) is 11.4. The number of piperidine rings is 1. The molecular weight excluding hydrogens is 464 g/mol. The van der Waals surface area contributed by atoms with Crippen LogP contribution in [0.25, 0.3) is 15.6 Å². The summed E-state index contributed by atoms with van der Waals surface area (Å²) in [5, 5.41) is 30.0. The zero-order valence-electron chi connectivity index (χ0n) is 19.3. The van der Waals surface area contributed by atoms with E-state index in [-0.39, 0.29) is 0 Å². The molecule has 0 saturated carbocycles. The van der Waals surface area contributed by atoms with Crippen molar-refractivity contribution in [3.05, 3.63) is 76.6 Å². The van der Waals surface area contributed by atoms with Crippen LogP contribution in [-0.4, -0.2) is 48.8 Å². The lowest BCUT2D eigenvalue weighted by atomic mass is 9.91. The van der Waals surface area contributed by atoms with Crippen molar-refractivity contribution in [3.63, 3.8) is 0 Å². The van der Waals surface area contributed by atoms with Gasteiger partial charge in [-0.2, -0.15) is 5.10 Å². The quantitative estimate of drug-likeness (QED) is 0.389. The number of aliphatic hydroxyl groups is 1. The van der Waals surface area contributed by atoms with Gasteiger partial charge in [-0.3, -0.25) is 4.68 Å². The number of hydrogen-bond donors (Lipinski definition) is 2. The fourth-order valence-corrected chi connectivity index (χ4v) is 4.61. The van der Waals surface area contributed by atoms with Gasteiger partial charge in [0.25, 0.3) is 0 Å². The Balaban J connectivity index is 1.39. The van der Waals surface area contributed by atoms with Gasteiger partial charge in [0.15, 0.2) is 17.3 Å². The minimum Gasteiger partial charge on any atom is -0.388 e. The van der Waals surface area contributed by atoms with E-state index in [1.807, 2.05) is 37.3 Å². The molecule has 2 aromatic carbocycles. The van der Waals surface area contributed by atoms with Crippen LogP contribution in [0.5, 0.6) is 0 Å². The van der Waals surface area contributed by atoms with Gasteiger partial charge in [0, 0.05) is 35.4 Å². The molecule has 0 radical (unpaired) electrons. The molecule has 1 saturated heterocycles. The Morgan fingerprint density at radius 3 is 2.69 bits per heavy atom. The van der Waals surface area contributed by atoms with Gasteiger partial charge in [0.1, 0.15) is 12.7 Å². The largest absolute Gasteiger partial charge is 0.388 e. The Hall–Kier alpha value is -3.74. The summed E-state index contributed by atoms with van der Waals surface area (Å²) in [5.41, 5.74) is 1.76. The molecule has 5 rings (SSSR count). The minimum atomic E-state index is -0.846. The van der Waals surface area contributed by atoms with Crippen molar-refractivity contribution in [3.8, 4) is 0 Å². The first-order valence-corrected chi connectivity index (χ1v) is 11.8. The van der Waals surface area contributed by atoms with Gasteiger partial charge in [-0.1, -0.05) is 35.9 Å². The highest BCUT2D eigenvalue weighted by molar-refractivity contribution is 6.31. The summed E-state index contributed by atoms with van der Waals surface area (Å²) in [4.78, 5) is 9.70. The lowest BCUT2D eigenvalue weighted by Gasteiger charge is -2.38. The number of aryl methyl sites for hydroxylation is 1. The number of fused-ring (bicyclic) bond motifs is 1. The van der Waals surface area contributed by atoms with Crippen molar-refractivity contribution >= 4 is 39.7 Å². The summed E-state index contributed by atoms with van der Waals surface area (Å²) in [5.74, 6) is 1.37. The molecule has 9 nitrogen and oxygen atoms in total. The van der Waals surface area contributed by atoms with Gasteiger partial charge in [0.2, 0.25) is 0 Å². The summed E-state index contributed by atoms with van der Waals surface area (Å²) in [6.45, 7) is 11.6. The molecular formula is C25H25ClN8O. The normalized spacial score (nSPS) is 15.2. The van der Waals surface area contributed by atoms with Crippen molar-refractivity contribution < 1.29 is 5.11 Å². The van der Waals surface area contributed by atoms with Gasteiger partial charge in [-0.05, 0) is 43.0 Å². The van der Waals surface area contributed by atoms with Gasteiger partial charge in [0.05, 0.1) is 18.7 Å². The fourth-order valence-electron chi connectivity index (χ4n) is 4.40. The molecule has 1 aliphatic rings. The molecule has 1 aliphatic heterocycles. The molecule has 10 heteroatoms. The molecule has 0 atom stereocenters. The molecule has 35 heavy (non-hydrogen) atoms. The Labute approximate surface area is 208 Å². The maximum absolute atomic E-state index is 11.0. The average molecular weight is 489 g/mol. The molecule has 4 aromatic rings. The minimum absolute atomic E-state index is 0.410. The Bertz CT molecular complexity index is 1390. The summed E-state index contributed by atoms with van der Waals surface area (Å²) in [6.07, 6.45) is 4.24. The second-order valence-corrected chi connectivity index (χ2v) is 9.36. The first kappa shape index (κ1) is 23.0. The maximum atomic E-state index is 11.0. The standard InChI is InChI=1S/C25H25ClN8O/c1-17-3-4-18(11-22(17)26)13-29-23-21-12-19(27-2)5-6-20(21)24(32-31-23)33-9-7-25(35,8-10-33)14-34-16-28-15-30-34/h3-6,11-12,15-16,35H,7-10,13-14H2,1H3,(H,29,31). The number of nitrogens with zero attached hydrogens (tertiary/aromatic N) is 7. The molecule has 0 amide bonds. The summed E-state index contributed by atoms with van der Waals surface area (Å²) < 4.78 is 1.67. The van der Waals surface area contributed by atoms with Crippen molar-refractivity contribution in [2.24, 2.45) is 0 Å². The number of nitrogens with one attached hydrogen (secondary N) is 1. The second-order valence-electron chi connectivity index (χ2n) is 8.96. The number of rotatable bonds is 6. The predicted octanol–water partition coefficient (Wildman–Crippen LogP) is 4.38. The highest BCUT2D eigenvalue weighted by atomic mass is 35.5. The Morgan fingerprint density at radius 2 is 1.97 bits per heavy atom. The van der Waals surface area contributed by atoms with Crippen LogP contribution in [0.1, 0.15) is 24.0 Å². The van der Waals surface area contributed by atoms with Crippen molar-refractivity contribution in [1.82, 2.24) is 25.0 Å². The van der Waals surface area contributed by atoms with Crippen LogP contribution >= 0.6 is 11.6 Å². The monoisotopic (exact) mass is 488 g/mol. The molecule has 0 bridgehead atoms. The van der Waals surface area contributed by atoms with Crippen LogP contribution in [0.3, 0.4) is 0 Å². The third-order valence-electron chi connectivity index (χ3n) is 6.49. The van der Waals surface area contributed by atoms with Crippen LogP contribution in [0.4, 0.5) is 17.3 Å². The van der Waals surface area contributed by atoms with Crippen LogP contribution < -0.4 is 10.2 Å². The number of anilines is 2. The van der Waals surface area contributed by atoms with E-state index in [1.165, 1.54) is 6.33 Å². The van der Waals surface area contributed by atoms with Gasteiger partial charge in [-0.15, -0.1) is 10.2 Å². The van der Waals surface area contributed by atoms with Crippen molar-refractivity contribution in [1.29, 1.82) is 0 Å². The van der Waals surface area contributed by atoms with E-state index in [0.717, 1.165) is 32.7 Å². The molecule has 0 spiro atoms. The molecule has 2 aromatic heterocycles. The van der Waals surface area contributed by atoms with Crippen LogP contribution in [0.15, 0.2) is 49.1 Å². The first-order chi connectivity index (χ1) is 16.9. The Morgan fingerprint density at radius 1 is 1.14 bits per heavy atom. The highest BCUT2D eigenvalue weighted by Gasteiger charge is 2.34. The van der Waals surface area contributed by atoms with Crippen LogP contribution in [0, 0.1) is 13.5 Å². The van der Waals surface area contributed by atoms with Gasteiger partial charge in [-0.25, -0.2) is 9.83 Å². The third-order valence-corrected chi connectivity index (χ3v) is 6.89. The zero-order chi connectivity index (χ0) is 24.4. The lowest BCUT2D eigenvalue weighted by molar-refractivity contribution is -0.00319. The third kappa shape index (κ3) is 4.90. The molecule has 3 heterocycles. The number of hydrogen-bond acceptors (Lipinski definition) is 7. The Kier molecular flexibility index (Phi) is 6.24. The number of aromatic nitrogens is 5. The van der Waals surface area contributed by atoms with Crippen molar-refractivity contribution in [2.75, 3.05) is 23.3 Å². The lowest BCUT2D eigenvalue weighted by Crippen LogP contribution is -2.47. The summed E-state index contributed by atoms with van der Waals surface area (Å²) in [7, 11) is 0. The molecule has 0 unspecified atom stereocenters. The number of halogens is 1. The molecule has 1 fully saturated rings. The van der Waals surface area contributed by atoms with E-state index in [9.17, 15) is 5.11 Å². The second kappa shape index (κ2) is 9.49. The molecule has 0 aliphatic carbocycles. The molecule has 2 N–H and O–H groups in total. The van der Waals surface area contributed by atoms with E-state index in [1.54, 1.807) is 17.1 Å². The van der Waals surface area contributed by atoms with E-state index in [2.05, 4.69) is 35.3 Å². The SMILES string of the molecule is [C-]#[N+]c1ccc2c(N3CCC(O)(Cn4cncn4)CC3)nnc(NCc3ccc(C)c(Cl)c3)c2c1. The van der Waals surface area contributed by atoms with E-state index in [4.69, 9.17) is 18.2 Å². The maximum Gasteiger partial charge on any atom is 0.188 e. The predicted molar refractivity (Wildman–Crippen MR) is 136 cm³/mol. The van der Waals surface area contributed by atoms with Gasteiger partial charge < -0.3 is 15.3 Å².